The van der Waals surface area contributed by atoms with Crippen LogP contribution >= 0.6 is 0 Å². The molecule has 0 aliphatic carbocycles. The summed E-state index contributed by atoms with van der Waals surface area (Å²) in [5, 5.41) is 0. The molecule has 138 valence electrons. The summed E-state index contributed by atoms with van der Waals surface area (Å²) in [6.07, 6.45) is -0.139. The molecule has 0 aromatic heterocycles. The lowest BCUT2D eigenvalue weighted by molar-refractivity contribution is -0.0229. The van der Waals surface area contributed by atoms with E-state index in [4.69, 9.17) is 18.9 Å². The third-order valence-electron chi connectivity index (χ3n) is 4.46. The van der Waals surface area contributed by atoms with E-state index in [1.807, 2.05) is 30.3 Å². The van der Waals surface area contributed by atoms with Gasteiger partial charge in [-0.2, -0.15) is 0 Å². The quantitative estimate of drug-likeness (QED) is 0.823. The van der Waals surface area contributed by atoms with E-state index in [2.05, 4.69) is 0 Å². The molecule has 6 heteroatoms. The maximum atomic E-state index is 13.1. The Balaban J connectivity index is 1.87. The molecule has 1 atom stereocenters. The Kier molecular flexibility index (Phi) is 5.63. The van der Waals surface area contributed by atoms with Gasteiger partial charge < -0.3 is 23.8 Å². The van der Waals surface area contributed by atoms with Crippen molar-refractivity contribution in [1.82, 2.24) is 4.90 Å². The van der Waals surface area contributed by atoms with Crippen LogP contribution in [0.25, 0.3) is 0 Å². The topological polar surface area (TPSA) is 57.2 Å². The van der Waals surface area contributed by atoms with Crippen molar-refractivity contribution in [2.45, 2.75) is 6.10 Å². The summed E-state index contributed by atoms with van der Waals surface area (Å²) >= 11 is 0. The molecule has 1 amide bonds. The minimum Gasteiger partial charge on any atom is -0.493 e. The van der Waals surface area contributed by atoms with Crippen molar-refractivity contribution in [3.05, 3.63) is 53.6 Å². The Morgan fingerprint density at radius 1 is 1.00 bits per heavy atom. The van der Waals surface area contributed by atoms with Crippen LogP contribution in [0.15, 0.2) is 42.5 Å². The van der Waals surface area contributed by atoms with Gasteiger partial charge in [0.2, 0.25) is 5.75 Å². The highest BCUT2D eigenvalue weighted by Crippen LogP contribution is 2.40. The second-order valence-electron chi connectivity index (χ2n) is 5.90. The first-order valence-electron chi connectivity index (χ1n) is 8.44. The van der Waals surface area contributed by atoms with Crippen LogP contribution in [0.1, 0.15) is 22.0 Å². The van der Waals surface area contributed by atoms with E-state index in [0.29, 0.717) is 42.5 Å². The molecule has 0 N–H and O–H groups in total. The molecule has 0 saturated carbocycles. The zero-order valence-corrected chi connectivity index (χ0v) is 15.2. The highest BCUT2D eigenvalue weighted by atomic mass is 16.5. The fourth-order valence-electron chi connectivity index (χ4n) is 3.14. The molecule has 2 aromatic carbocycles. The van der Waals surface area contributed by atoms with Crippen molar-refractivity contribution in [1.29, 1.82) is 0 Å². The molecule has 1 aliphatic heterocycles. The van der Waals surface area contributed by atoms with Crippen LogP contribution in [0.4, 0.5) is 0 Å². The van der Waals surface area contributed by atoms with E-state index >= 15 is 0 Å². The molecule has 0 bridgehead atoms. The maximum Gasteiger partial charge on any atom is 0.257 e. The number of rotatable bonds is 5. The van der Waals surface area contributed by atoms with Crippen LogP contribution in [0, 0.1) is 0 Å². The van der Waals surface area contributed by atoms with Crippen molar-refractivity contribution in [3.63, 3.8) is 0 Å². The van der Waals surface area contributed by atoms with Gasteiger partial charge in [0.25, 0.3) is 5.91 Å². The zero-order valence-electron chi connectivity index (χ0n) is 15.2. The summed E-state index contributed by atoms with van der Waals surface area (Å²) < 4.78 is 22.0. The fourth-order valence-corrected chi connectivity index (χ4v) is 3.14. The van der Waals surface area contributed by atoms with E-state index in [1.54, 1.807) is 24.1 Å². The van der Waals surface area contributed by atoms with Gasteiger partial charge in [0.05, 0.1) is 40.0 Å². The second-order valence-corrected chi connectivity index (χ2v) is 5.90. The number of carbonyl (C=O) groups is 1. The first kappa shape index (κ1) is 18.1. The van der Waals surface area contributed by atoms with Crippen molar-refractivity contribution >= 4 is 5.91 Å². The van der Waals surface area contributed by atoms with Crippen LogP contribution in [-0.4, -0.2) is 51.8 Å². The Labute approximate surface area is 153 Å². The van der Waals surface area contributed by atoms with Crippen LogP contribution in [0.2, 0.25) is 0 Å². The molecule has 1 unspecified atom stereocenters. The third kappa shape index (κ3) is 3.46. The van der Waals surface area contributed by atoms with Gasteiger partial charge in [-0.3, -0.25) is 4.79 Å². The second kappa shape index (κ2) is 8.10. The molecule has 6 nitrogen and oxygen atoms in total. The van der Waals surface area contributed by atoms with E-state index in [9.17, 15) is 4.79 Å². The molecule has 1 heterocycles. The van der Waals surface area contributed by atoms with E-state index < -0.39 is 0 Å². The van der Waals surface area contributed by atoms with Gasteiger partial charge in [0, 0.05) is 6.54 Å². The number of methoxy groups -OCH3 is 3. The first-order chi connectivity index (χ1) is 12.7. The van der Waals surface area contributed by atoms with Gasteiger partial charge in [0.15, 0.2) is 11.5 Å². The lowest BCUT2D eigenvalue weighted by Crippen LogP contribution is -2.42. The van der Waals surface area contributed by atoms with Crippen molar-refractivity contribution < 1.29 is 23.7 Å². The van der Waals surface area contributed by atoms with Crippen molar-refractivity contribution in [2.75, 3.05) is 41.0 Å². The van der Waals surface area contributed by atoms with Crippen molar-refractivity contribution in [3.8, 4) is 17.2 Å². The third-order valence-corrected chi connectivity index (χ3v) is 4.46. The molecule has 26 heavy (non-hydrogen) atoms. The Morgan fingerprint density at radius 2 is 1.73 bits per heavy atom. The lowest BCUT2D eigenvalue weighted by Gasteiger charge is -2.33. The number of hydrogen-bond acceptors (Lipinski definition) is 5. The standard InChI is InChI=1S/C20H23NO5/c1-23-16-10-9-15(18(24-2)19(16)25-3)20(22)21-11-12-26-17(13-21)14-7-5-4-6-8-14/h4-10,17H,11-13H2,1-3H3. The molecule has 1 aliphatic rings. The SMILES string of the molecule is COc1ccc(C(=O)N2CCOC(c3ccccc3)C2)c(OC)c1OC. The number of benzene rings is 2. The number of carbonyl (C=O) groups excluding carboxylic acids is 1. The molecule has 2 aromatic rings. The summed E-state index contributed by atoms with van der Waals surface area (Å²) in [7, 11) is 4.58. The molecule has 0 radical (unpaired) electrons. The minimum atomic E-state index is -0.139. The average molecular weight is 357 g/mol. The highest BCUT2D eigenvalue weighted by molar-refractivity contribution is 5.98. The van der Waals surface area contributed by atoms with E-state index in [0.717, 1.165) is 5.56 Å². The van der Waals surface area contributed by atoms with Gasteiger partial charge >= 0.3 is 0 Å². The van der Waals surface area contributed by atoms with Crippen LogP contribution in [0.3, 0.4) is 0 Å². The molecule has 1 fully saturated rings. The van der Waals surface area contributed by atoms with Gasteiger partial charge in [-0.25, -0.2) is 0 Å². The molecule has 1 saturated heterocycles. The lowest BCUT2D eigenvalue weighted by atomic mass is 10.1. The highest BCUT2D eigenvalue weighted by Gasteiger charge is 2.29. The Morgan fingerprint density at radius 3 is 2.38 bits per heavy atom. The van der Waals surface area contributed by atoms with Crippen molar-refractivity contribution in [2.24, 2.45) is 0 Å². The van der Waals surface area contributed by atoms with Gasteiger partial charge in [-0.15, -0.1) is 0 Å². The summed E-state index contributed by atoms with van der Waals surface area (Å²) in [5.74, 6) is 1.19. The molecule has 3 rings (SSSR count). The van der Waals surface area contributed by atoms with Crippen LogP contribution < -0.4 is 14.2 Å². The smallest absolute Gasteiger partial charge is 0.257 e. The summed E-state index contributed by atoms with van der Waals surface area (Å²) in [5.41, 5.74) is 1.50. The molecule has 0 spiro atoms. The predicted molar refractivity (Wildman–Crippen MR) is 97.1 cm³/mol. The maximum absolute atomic E-state index is 13.1. The summed E-state index contributed by atoms with van der Waals surface area (Å²) in [6, 6.07) is 13.3. The van der Waals surface area contributed by atoms with Crippen LogP contribution in [0.5, 0.6) is 17.2 Å². The first-order valence-corrected chi connectivity index (χ1v) is 8.44. The zero-order chi connectivity index (χ0) is 18.5. The number of amides is 1. The van der Waals surface area contributed by atoms with E-state index in [1.165, 1.54) is 14.2 Å². The van der Waals surface area contributed by atoms with E-state index in [-0.39, 0.29) is 12.0 Å². The fraction of sp³-hybridized carbons (Fsp3) is 0.350. The van der Waals surface area contributed by atoms with Gasteiger partial charge in [-0.05, 0) is 17.7 Å². The summed E-state index contributed by atoms with van der Waals surface area (Å²) in [6.45, 7) is 1.50. The number of nitrogens with zero attached hydrogens (tertiary/aromatic N) is 1. The molecular formula is C20H23NO5. The number of ether oxygens (including phenoxy) is 4. The minimum absolute atomic E-state index is 0.118. The van der Waals surface area contributed by atoms with Gasteiger partial charge in [0.1, 0.15) is 6.10 Å². The normalized spacial score (nSPS) is 16.9. The van der Waals surface area contributed by atoms with Gasteiger partial charge in [-0.1, -0.05) is 30.3 Å². The summed E-state index contributed by atoms with van der Waals surface area (Å²) in [4.78, 5) is 14.9. The number of hydrogen-bond donors (Lipinski definition) is 0. The predicted octanol–water partition coefficient (Wildman–Crippen LogP) is 2.93. The average Bonchev–Trinajstić information content (AvgIpc) is 2.72. The number of morpholine rings is 1. The monoisotopic (exact) mass is 357 g/mol. The Hall–Kier alpha value is -2.73. The van der Waals surface area contributed by atoms with Crippen LogP contribution in [-0.2, 0) is 4.74 Å². The largest absolute Gasteiger partial charge is 0.493 e. The Bertz CT molecular complexity index is 762. The molecular weight excluding hydrogens is 334 g/mol.